The number of carbonyl (C=O) groups excluding carboxylic acids is 3. The minimum absolute atomic E-state index is 0.0128. The van der Waals surface area contributed by atoms with E-state index in [1.165, 1.54) is 13.8 Å². The number of fused-ring (bicyclic) bond motifs is 5. The van der Waals surface area contributed by atoms with Gasteiger partial charge in [0.1, 0.15) is 11.7 Å². The van der Waals surface area contributed by atoms with Gasteiger partial charge in [-0.05, 0) is 70.1 Å². The van der Waals surface area contributed by atoms with E-state index in [1.807, 2.05) is 6.92 Å². The van der Waals surface area contributed by atoms with Gasteiger partial charge in [0.05, 0.1) is 29.3 Å². The van der Waals surface area contributed by atoms with E-state index in [4.69, 9.17) is 18.9 Å². The maximum atomic E-state index is 13.6. The Kier molecular flexibility index (Phi) is 9.31. The van der Waals surface area contributed by atoms with Gasteiger partial charge in [0.2, 0.25) is 5.79 Å². The molecule has 300 valence electrons. The summed E-state index contributed by atoms with van der Waals surface area (Å²) in [6, 6.07) is -0.284. The molecule has 6 N–H and O–H groups in total. The monoisotopic (exact) mass is 751 g/mol. The molecule has 14 heteroatoms. The minimum atomic E-state index is -2.24. The first-order chi connectivity index (χ1) is 24.6. The molecule has 3 saturated heterocycles. The number of esters is 3. The summed E-state index contributed by atoms with van der Waals surface area (Å²) in [5, 5.41) is 74.3. The molecule has 0 aromatic carbocycles. The number of piperidine rings is 2. The highest BCUT2D eigenvalue weighted by molar-refractivity contribution is 5.79. The lowest BCUT2D eigenvalue weighted by molar-refractivity contribution is -0.300. The zero-order chi connectivity index (χ0) is 39.0. The first kappa shape index (κ1) is 39.3. The minimum Gasteiger partial charge on any atom is -0.462 e. The largest absolute Gasteiger partial charge is 0.462 e. The second-order valence-corrected chi connectivity index (χ2v) is 18.6. The summed E-state index contributed by atoms with van der Waals surface area (Å²) in [5.74, 6) is -9.25. The quantitative estimate of drug-likeness (QED) is 0.159. The number of hydrogen-bond donors (Lipinski definition) is 6. The standard InChI is InChI=1S/C39H61NO13/c1-9-19(4)32(44)52-31-29(43)28-21(17-40-16-18(3)11-12-25(40)36(28,8)47)22-15-37-30(38(22,31)48)23(42)13-24-35(37,7)26(50-20(5)41)14-27(39(24,49)53-37)51-33(45)34(6,46)10-2/h18-19,21-31,42-43,46-49H,9-17H2,1-8H3/t18-,19?,21-,22-,23+,24-,25-,26-,27-,28+,29+,30+,31-,34?,35+,36?,37+,38-,39-/m0/s1. The van der Waals surface area contributed by atoms with Gasteiger partial charge >= 0.3 is 17.9 Å². The van der Waals surface area contributed by atoms with Crippen LogP contribution < -0.4 is 0 Å². The molecular weight excluding hydrogens is 690 g/mol. The molecule has 1 spiro atoms. The fraction of sp³-hybridized carbons (Fsp3) is 0.923. The van der Waals surface area contributed by atoms with Crippen LogP contribution in [0.3, 0.4) is 0 Å². The van der Waals surface area contributed by atoms with E-state index < -0.39 is 118 Å². The summed E-state index contributed by atoms with van der Waals surface area (Å²) in [6.45, 7) is 14.5. The van der Waals surface area contributed by atoms with Crippen molar-refractivity contribution in [2.24, 2.45) is 46.8 Å². The van der Waals surface area contributed by atoms with Gasteiger partial charge in [0, 0.05) is 55.6 Å². The Morgan fingerprint density at radius 2 is 1.68 bits per heavy atom. The number of carbonyl (C=O) groups is 3. The van der Waals surface area contributed by atoms with Gasteiger partial charge in [-0.1, -0.05) is 34.6 Å². The topological polar surface area (TPSA) is 213 Å². The van der Waals surface area contributed by atoms with Crippen LogP contribution in [-0.2, 0) is 33.3 Å². The first-order valence-corrected chi connectivity index (χ1v) is 19.8. The van der Waals surface area contributed by atoms with Crippen molar-refractivity contribution in [2.75, 3.05) is 13.1 Å². The van der Waals surface area contributed by atoms with Crippen LogP contribution in [0.1, 0.15) is 100 Å². The van der Waals surface area contributed by atoms with Gasteiger partial charge in [-0.25, -0.2) is 4.79 Å². The fourth-order valence-electron chi connectivity index (χ4n) is 12.8. The lowest BCUT2D eigenvalue weighted by Crippen LogP contribution is -2.77. The molecule has 4 bridgehead atoms. The van der Waals surface area contributed by atoms with Gasteiger partial charge in [-0.3, -0.25) is 14.5 Å². The van der Waals surface area contributed by atoms with Crippen LogP contribution >= 0.6 is 0 Å². The highest BCUT2D eigenvalue weighted by atomic mass is 16.7. The zero-order valence-corrected chi connectivity index (χ0v) is 32.4. The predicted molar refractivity (Wildman–Crippen MR) is 185 cm³/mol. The Bertz CT molecular complexity index is 1500. The van der Waals surface area contributed by atoms with Crippen molar-refractivity contribution in [1.29, 1.82) is 0 Å². The van der Waals surface area contributed by atoms with Crippen molar-refractivity contribution in [3.05, 3.63) is 0 Å². The Balaban J connectivity index is 1.40. The normalized spacial score (nSPS) is 52.9. The number of ether oxygens (including phenoxy) is 4. The molecule has 3 heterocycles. The molecule has 0 amide bonds. The molecule has 14 nitrogen and oxygen atoms in total. The maximum absolute atomic E-state index is 13.6. The van der Waals surface area contributed by atoms with Crippen molar-refractivity contribution in [3.8, 4) is 0 Å². The summed E-state index contributed by atoms with van der Waals surface area (Å²) in [7, 11) is 0. The van der Waals surface area contributed by atoms with Gasteiger partial charge in [-0.15, -0.1) is 0 Å². The molecule has 3 aliphatic heterocycles. The molecular formula is C39H61NO13. The van der Waals surface area contributed by atoms with E-state index in [9.17, 15) is 45.0 Å². The number of aliphatic hydroxyl groups is 6. The molecule has 0 radical (unpaired) electrons. The van der Waals surface area contributed by atoms with E-state index in [-0.39, 0.29) is 31.7 Å². The molecule has 7 rings (SSSR count). The third-order valence-electron chi connectivity index (χ3n) is 15.8. The molecule has 4 aliphatic carbocycles. The first-order valence-electron chi connectivity index (χ1n) is 19.8. The predicted octanol–water partition coefficient (Wildman–Crippen LogP) is 1.04. The molecule has 0 aromatic rings. The van der Waals surface area contributed by atoms with Crippen LogP contribution in [-0.4, -0.2) is 131 Å². The number of rotatable bonds is 7. The van der Waals surface area contributed by atoms with Crippen LogP contribution in [0.25, 0.3) is 0 Å². The Morgan fingerprint density at radius 3 is 2.30 bits per heavy atom. The Morgan fingerprint density at radius 1 is 1.00 bits per heavy atom. The number of aliphatic hydroxyl groups excluding tert-OH is 2. The Labute approximate surface area is 311 Å². The van der Waals surface area contributed by atoms with Gasteiger partial charge in [-0.2, -0.15) is 0 Å². The lowest BCUT2D eigenvalue weighted by atomic mass is 9.48. The van der Waals surface area contributed by atoms with Crippen LogP contribution in [0.4, 0.5) is 0 Å². The average molecular weight is 752 g/mol. The summed E-state index contributed by atoms with van der Waals surface area (Å²) in [6.07, 6.45) is -5.29. The summed E-state index contributed by atoms with van der Waals surface area (Å²) >= 11 is 0. The second kappa shape index (κ2) is 12.5. The lowest BCUT2D eigenvalue weighted by Gasteiger charge is -2.64. The van der Waals surface area contributed by atoms with E-state index in [2.05, 4.69) is 11.8 Å². The zero-order valence-electron chi connectivity index (χ0n) is 32.4. The van der Waals surface area contributed by atoms with Crippen molar-refractivity contribution in [3.63, 3.8) is 0 Å². The van der Waals surface area contributed by atoms with Crippen molar-refractivity contribution in [1.82, 2.24) is 4.90 Å². The molecule has 7 aliphatic rings. The number of hydrogen-bond acceptors (Lipinski definition) is 14. The van der Waals surface area contributed by atoms with Crippen LogP contribution in [0.2, 0.25) is 0 Å². The van der Waals surface area contributed by atoms with Gasteiger partial charge < -0.3 is 49.6 Å². The summed E-state index contributed by atoms with van der Waals surface area (Å²) in [4.78, 5) is 41.9. The smallest absolute Gasteiger partial charge is 0.338 e. The van der Waals surface area contributed by atoms with E-state index in [0.717, 1.165) is 6.42 Å². The Hall–Kier alpha value is -1.91. The maximum Gasteiger partial charge on any atom is 0.338 e. The van der Waals surface area contributed by atoms with Gasteiger partial charge in [0.15, 0.2) is 17.8 Å². The van der Waals surface area contributed by atoms with Crippen LogP contribution in [0.15, 0.2) is 0 Å². The third-order valence-corrected chi connectivity index (χ3v) is 15.8. The summed E-state index contributed by atoms with van der Waals surface area (Å²) < 4.78 is 24.9. The number of nitrogens with zero attached hydrogens (tertiary/aromatic N) is 1. The van der Waals surface area contributed by atoms with Gasteiger partial charge in [0.25, 0.3) is 0 Å². The van der Waals surface area contributed by atoms with Crippen molar-refractivity contribution in [2.45, 2.75) is 165 Å². The molecule has 53 heavy (non-hydrogen) atoms. The van der Waals surface area contributed by atoms with Crippen LogP contribution in [0, 0.1) is 46.8 Å². The second-order valence-electron chi connectivity index (χ2n) is 18.6. The summed E-state index contributed by atoms with van der Waals surface area (Å²) in [5.41, 5.74) is -8.42. The fourth-order valence-corrected chi connectivity index (χ4v) is 12.8. The highest BCUT2D eigenvalue weighted by Crippen LogP contribution is 2.77. The molecule has 0 aromatic heterocycles. The highest BCUT2D eigenvalue weighted by Gasteiger charge is 2.89. The van der Waals surface area contributed by atoms with E-state index in [0.29, 0.717) is 31.8 Å². The van der Waals surface area contributed by atoms with Crippen molar-refractivity contribution >= 4 is 17.9 Å². The molecule has 3 unspecified atom stereocenters. The average Bonchev–Trinajstić information content (AvgIpc) is 3.37. The van der Waals surface area contributed by atoms with Crippen molar-refractivity contribution < 1.29 is 64.0 Å². The molecule has 4 saturated carbocycles. The SMILES string of the molecule is CCC(C)C(=O)O[C@H]1[C@H](O)[C@H]2[C@@H](CN3C[C@@H](C)CC[C@H]3C2(C)O)[C@@H]2C[C@]34O[C@]5(O)[C@@H](OC(=O)C(C)(O)CC)C[C@H](OC(C)=O)[C@@]3(C)[C@@H]5C[C@@H](O)[C@H]4[C@@]21O. The van der Waals surface area contributed by atoms with E-state index in [1.54, 1.807) is 27.7 Å². The molecule has 19 atom stereocenters. The van der Waals surface area contributed by atoms with Crippen LogP contribution in [0.5, 0.6) is 0 Å². The molecule has 7 fully saturated rings. The third kappa shape index (κ3) is 5.14. The van der Waals surface area contributed by atoms with E-state index >= 15 is 0 Å².